The van der Waals surface area contributed by atoms with Crippen molar-refractivity contribution in [1.29, 1.82) is 0 Å². The Morgan fingerprint density at radius 1 is 1.33 bits per heavy atom. The van der Waals surface area contributed by atoms with Crippen LogP contribution in [0.15, 0.2) is 30.3 Å². The van der Waals surface area contributed by atoms with Crippen molar-refractivity contribution < 1.29 is 4.79 Å². The van der Waals surface area contributed by atoms with E-state index in [4.69, 9.17) is 0 Å². The molecular formula is C15H22N2O. The van der Waals surface area contributed by atoms with Gasteiger partial charge in [-0.1, -0.05) is 18.2 Å². The molecule has 1 aliphatic rings. The van der Waals surface area contributed by atoms with Crippen LogP contribution in [-0.2, 0) is 0 Å². The Hall–Kier alpha value is -1.35. The normalized spacial score (nSPS) is 20.9. The van der Waals surface area contributed by atoms with Gasteiger partial charge in [0, 0.05) is 24.2 Å². The third kappa shape index (κ3) is 3.33. The van der Waals surface area contributed by atoms with Crippen molar-refractivity contribution in [3.8, 4) is 0 Å². The Morgan fingerprint density at radius 3 is 2.72 bits per heavy atom. The molecule has 0 saturated carbocycles. The van der Waals surface area contributed by atoms with Crippen molar-refractivity contribution in [3.05, 3.63) is 35.9 Å². The molecule has 0 aliphatic carbocycles. The Balaban J connectivity index is 1.91. The summed E-state index contributed by atoms with van der Waals surface area (Å²) in [6.07, 6.45) is 2.25. The third-order valence-electron chi connectivity index (χ3n) is 3.55. The minimum absolute atomic E-state index is 0.0474. The summed E-state index contributed by atoms with van der Waals surface area (Å²) in [6, 6.07) is 10.3. The van der Waals surface area contributed by atoms with Crippen LogP contribution in [0.25, 0.3) is 0 Å². The highest BCUT2D eigenvalue weighted by Crippen LogP contribution is 2.13. The summed E-state index contributed by atoms with van der Waals surface area (Å²) in [5, 5.41) is 3.14. The summed E-state index contributed by atoms with van der Waals surface area (Å²) < 4.78 is 0. The van der Waals surface area contributed by atoms with E-state index in [1.54, 1.807) is 0 Å². The first-order valence-corrected chi connectivity index (χ1v) is 6.77. The molecule has 98 valence electrons. The quantitative estimate of drug-likeness (QED) is 0.887. The van der Waals surface area contributed by atoms with Gasteiger partial charge in [-0.3, -0.25) is 9.69 Å². The number of carbonyl (C=O) groups is 1. The lowest BCUT2D eigenvalue weighted by atomic mass is 10.0. The lowest BCUT2D eigenvalue weighted by molar-refractivity contribution is 0.0886. The Bertz CT molecular complexity index is 389. The second-order valence-electron chi connectivity index (χ2n) is 5.27. The van der Waals surface area contributed by atoms with Crippen LogP contribution in [0, 0.1) is 0 Å². The third-order valence-corrected chi connectivity index (χ3v) is 3.55. The molecule has 1 aromatic rings. The van der Waals surface area contributed by atoms with Crippen LogP contribution in [0.5, 0.6) is 0 Å². The summed E-state index contributed by atoms with van der Waals surface area (Å²) in [4.78, 5) is 14.5. The molecule has 18 heavy (non-hydrogen) atoms. The predicted octanol–water partition coefficient (Wildman–Crippen LogP) is 2.29. The maximum Gasteiger partial charge on any atom is 0.251 e. The van der Waals surface area contributed by atoms with E-state index in [2.05, 4.69) is 24.1 Å². The van der Waals surface area contributed by atoms with Crippen LogP contribution in [0.3, 0.4) is 0 Å². The molecule has 0 aromatic heterocycles. The molecular weight excluding hydrogens is 224 g/mol. The predicted molar refractivity (Wildman–Crippen MR) is 73.6 cm³/mol. The average Bonchev–Trinajstić information content (AvgIpc) is 2.40. The van der Waals surface area contributed by atoms with Crippen molar-refractivity contribution in [2.24, 2.45) is 0 Å². The first-order chi connectivity index (χ1) is 8.66. The molecule has 1 fully saturated rings. The minimum Gasteiger partial charge on any atom is -0.348 e. The van der Waals surface area contributed by atoms with Crippen LogP contribution in [0.4, 0.5) is 0 Å². The first kappa shape index (κ1) is 13.1. The molecule has 1 aliphatic heterocycles. The van der Waals surface area contributed by atoms with E-state index in [9.17, 15) is 4.79 Å². The van der Waals surface area contributed by atoms with Crippen LogP contribution >= 0.6 is 0 Å². The summed E-state index contributed by atoms with van der Waals surface area (Å²) in [5.74, 6) is 0.0474. The van der Waals surface area contributed by atoms with E-state index >= 15 is 0 Å². The summed E-state index contributed by atoms with van der Waals surface area (Å²) in [5.41, 5.74) is 0.749. The van der Waals surface area contributed by atoms with Gasteiger partial charge < -0.3 is 5.32 Å². The zero-order valence-electron chi connectivity index (χ0n) is 11.2. The Kier molecular flexibility index (Phi) is 4.37. The van der Waals surface area contributed by atoms with Crippen LogP contribution < -0.4 is 5.32 Å². The van der Waals surface area contributed by atoms with Crippen LogP contribution in [0.1, 0.15) is 37.0 Å². The highest BCUT2D eigenvalue weighted by atomic mass is 16.1. The number of carbonyl (C=O) groups excluding carboxylic acids is 1. The molecule has 2 rings (SSSR count). The molecule has 1 amide bonds. The van der Waals surface area contributed by atoms with Gasteiger partial charge in [-0.25, -0.2) is 0 Å². The van der Waals surface area contributed by atoms with Gasteiger partial charge in [0.2, 0.25) is 0 Å². The van der Waals surface area contributed by atoms with Gasteiger partial charge >= 0.3 is 0 Å². The smallest absolute Gasteiger partial charge is 0.251 e. The summed E-state index contributed by atoms with van der Waals surface area (Å²) in [6.45, 7) is 6.54. The second kappa shape index (κ2) is 6.01. The molecule has 0 spiro atoms. The minimum atomic E-state index is 0.0474. The van der Waals surface area contributed by atoms with Crippen molar-refractivity contribution in [2.45, 2.75) is 38.8 Å². The fraction of sp³-hybridized carbons (Fsp3) is 0.533. The number of hydrogen-bond donors (Lipinski definition) is 1. The number of hydrogen-bond acceptors (Lipinski definition) is 2. The van der Waals surface area contributed by atoms with E-state index in [0.717, 1.165) is 31.5 Å². The fourth-order valence-corrected chi connectivity index (χ4v) is 2.45. The van der Waals surface area contributed by atoms with Crippen molar-refractivity contribution in [2.75, 3.05) is 13.1 Å². The van der Waals surface area contributed by atoms with E-state index in [-0.39, 0.29) is 11.9 Å². The molecule has 3 heteroatoms. The molecule has 1 atom stereocenters. The monoisotopic (exact) mass is 246 g/mol. The van der Waals surface area contributed by atoms with Gasteiger partial charge in [0.15, 0.2) is 0 Å². The van der Waals surface area contributed by atoms with Crippen molar-refractivity contribution in [1.82, 2.24) is 10.2 Å². The van der Waals surface area contributed by atoms with Gasteiger partial charge in [0.1, 0.15) is 0 Å². The summed E-state index contributed by atoms with van der Waals surface area (Å²) >= 11 is 0. The average molecular weight is 246 g/mol. The van der Waals surface area contributed by atoms with E-state index in [0.29, 0.717) is 6.04 Å². The lowest BCUT2D eigenvalue weighted by Gasteiger charge is -2.35. The first-order valence-electron chi connectivity index (χ1n) is 6.77. The molecule has 1 N–H and O–H groups in total. The topological polar surface area (TPSA) is 32.3 Å². The molecule has 0 bridgehead atoms. The molecule has 3 nitrogen and oxygen atoms in total. The lowest BCUT2D eigenvalue weighted by Crippen LogP contribution is -2.49. The zero-order chi connectivity index (χ0) is 13.0. The van der Waals surface area contributed by atoms with E-state index in [1.165, 1.54) is 0 Å². The number of amides is 1. The van der Waals surface area contributed by atoms with Crippen molar-refractivity contribution in [3.63, 3.8) is 0 Å². The summed E-state index contributed by atoms with van der Waals surface area (Å²) in [7, 11) is 0. The standard InChI is InChI=1S/C15H22N2O/c1-12(2)17-10-6-9-14(11-17)16-15(18)13-7-4-3-5-8-13/h3-5,7-8,12,14H,6,9-11H2,1-2H3,(H,16,18). The second-order valence-corrected chi connectivity index (χ2v) is 5.27. The number of rotatable bonds is 3. The molecule has 1 aromatic carbocycles. The molecule has 0 radical (unpaired) electrons. The van der Waals surface area contributed by atoms with Crippen LogP contribution in [0.2, 0.25) is 0 Å². The number of nitrogens with one attached hydrogen (secondary N) is 1. The number of benzene rings is 1. The highest BCUT2D eigenvalue weighted by Gasteiger charge is 2.22. The van der Waals surface area contributed by atoms with Gasteiger partial charge in [-0.15, -0.1) is 0 Å². The maximum atomic E-state index is 12.1. The van der Waals surface area contributed by atoms with Crippen molar-refractivity contribution >= 4 is 5.91 Å². The van der Waals surface area contributed by atoms with E-state index in [1.807, 2.05) is 30.3 Å². The van der Waals surface area contributed by atoms with Gasteiger partial charge in [-0.2, -0.15) is 0 Å². The fourth-order valence-electron chi connectivity index (χ4n) is 2.45. The number of piperidine rings is 1. The Morgan fingerprint density at radius 2 is 2.06 bits per heavy atom. The van der Waals surface area contributed by atoms with E-state index < -0.39 is 0 Å². The van der Waals surface area contributed by atoms with Crippen LogP contribution in [-0.4, -0.2) is 36.0 Å². The zero-order valence-corrected chi connectivity index (χ0v) is 11.2. The van der Waals surface area contributed by atoms with Gasteiger partial charge in [0.25, 0.3) is 5.91 Å². The number of nitrogens with zero attached hydrogens (tertiary/aromatic N) is 1. The highest BCUT2D eigenvalue weighted by molar-refractivity contribution is 5.94. The largest absolute Gasteiger partial charge is 0.348 e. The maximum absolute atomic E-state index is 12.1. The SMILES string of the molecule is CC(C)N1CCCC(NC(=O)c2ccccc2)C1. The Labute approximate surface area is 109 Å². The van der Waals surface area contributed by atoms with Gasteiger partial charge in [-0.05, 0) is 45.4 Å². The number of likely N-dealkylation sites (tertiary alicyclic amines) is 1. The molecule has 1 heterocycles. The van der Waals surface area contributed by atoms with Gasteiger partial charge in [0.05, 0.1) is 0 Å². The molecule has 1 unspecified atom stereocenters. The molecule has 1 saturated heterocycles.